The Kier molecular flexibility index (Phi) is 7.84. The molecule has 0 saturated carbocycles. The Bertz CT molecular complexity index is 1700. The number of amides is 1. The van der Waals surface area contributed by atoms with Crippen LogP contribution < -0.4 is 10.1 Å². The van der Waals surface area contributed by atoms with Crippen molar-refractivity contribution in [2.24, 2.45) is 0 Å². The van der Waals surface area contributed by atoms with Gasteiger partial charge in [0.1, 0.15) is 35.6 Å². The van der Waals surface area contributed by atoms with Gasteiger partial charge in [0, 0.05) is 29.9 Å². The van der Waals surface area contributed by atoms with E-state index in [0.29, 0.717) is 17.0 Å². The quantitative estimate of drug-likeness (QED) is 0.278. The topological polar surface area (TPSA) is 92.9 Å². The molecule has 0 bridgehead atoms. The van der Waals surface area contributed by atoms with Crippen LogP contribution in [0.2, 0.25) is 0 Å². The standard InChI is InChI=1S/C32H24FN3O4/c33-26-12-8-25(9-13-26)21-40-27-14-10-23(11-15-27)18-28(32(38)39)35-31(37)29-20-36-17-16-24(19-30(36)34-29)7-6-22-4-2-1-3-5-22/h1-5,8-17,19-20,28H,18,21H2,(H,35,37)(H,38,39)/t28-/m0/s1. The van der Waals surface area contributed by atoms with Crippen LogP contribution in [0.25, 0.3) is 5.65 Å². The van der Waals surface area contributed by atoms with E-state index in [1.807, 2.05) is 36.4 Å². The van der Waals surface area contributed by atoms with Gasteiger partial charge in [-0.15, -0.1) is 0 Å². The summed E-state index contributed by atoms with van der Waals surface area (Å²) in [5.74, 6) is 4.69. The molecule has 0 fully saturated rings. The highest BCUT2D eigenvalue weighted by molar-refractivity contribution is 5.95. The molecule has 40 heavy (non-hydrogen) atoms. The molecule has 0 radical (unpaired) electrons. The number of pyridine rings is 1. The predicted molar refractivity (Wildman–Crippen MR) is 147 cm³/mol. The molecule has 198 valence electrons. The third-order valence-electron chi connectivity index (χ3n) is 6.10. The molecular formula is C32H24FN3O4. The lowest BCUT2D eigenvalue weighted by Gasteiger charge is -2.14. The second kappa shape index (κ2) is 12.0. The first-order chi connectivity index (χ1) is 19.4. The number of hydrogen-bond donors (Lipinski definition) is 2. The van der Waals surface area contributed by atoms with Crippen LogP contribution in [-0.2, 0) is 17.8 Å². The minimum Gasteiger partial charge on any atom is -0.489 e. The van der Waals surface area contributed by atoms with Crippen LogP contribution in [-0.4, -0.2) is 32.4 Å². The number of hydrogen-bond acceptors (Lipinski definition) is 4. The molecule has 1 amide bonds. The number of nitrogens with zero attached hydrogens (tertiary/aromatic N) is 2. The monoisotopic (exact) mass is 533 g/mol. The summed E-state index contributed by atoms with van der Waals surface area (Å²) in [4.78, 5) is 29.2. The van der Waals surface area contributed by atoms with Crippen LogP contribution in [0.3, 0.4) is 0 Å². The summed E-state index contributed by atoms with van der Waals surface area (Å²) in [6.07, 6.45) is 3.37. The normalized spacial score (nSPS) is 11.3. The van der Waals surface area contributed by atoms with E-state index in [-0.39, 0.29) is 24.5 Å². The molecule has 3 aromatic carbocycles. The smallest absolute Gasteiger partial charge is 0.326 e. The Morgan fingerprint density at radius 3 is 2.35 bits per heavy atom. The van der Waals surface area contributed by atoms with Crippen LogP contribution in [0.15, 0.2) is 103 Å². The van der Waals surface area contributed by atoms with Crippen molar-refractivity contribution in [1.29, 1.82) is 0 Å². The van der Waals surface area contributed by atoms with Crippen molar-refractivity contribution in [3.8, 4) is 17.6 Å². The molecule has 5 rings (SSSR count). The molecule has 5 aromatic rings. The number of imidazole rings is 1. The second-order valence-electron chi connectivity index (χ2n) is 9.05. The third kappa shape index (κ3) is 6.71. The molecule has 2 N–H and O–H groups in total. The molecule has 7 nitrogen and oxygen atoms in total. The van der Waals surface area contributed by atoms with Crippen LogP contribution >= 0.6 is 0 Å². The van der Waals surface area contributed by atoms with Crippen molar-refractivity contribution in [2.75, 3.05) is 0 Å². The Morgan fingerprint density at radius 1 is 0.925 bits per heavy atom. The van der Waals surface area contributed by atoms with Gasteiger partial charge in [-0.3, -0.25) is 4.79 Å². The summed E-state index contributed by atoms with van der Waals surface area (Å²) in [7, 11) is 0. The largest absolute Gasteiger partial charge is 0.489 e. The van der Waals surface area contributed by atoms with Gasteiger partial charge < -0.3 is 19.6 Å². The van der Waals surface area contributed by atoms with E-state index in [1.54, 1.807) is 59.3 Å². The molecule has 0 aliphatic rings. The van der Waals surface area contributed by atoms with Gasteiger partial charge in [-0.1, -0.05) is 54.3 Å². The summed E-state index contributed by atoms with van der Waals surface area (Å²) in [5, 5.41) is 12.3. The number of aliphatic carboxylic acids is 1. The van der Waals surface area contributed by atoms with Crippen molar-refractivity contribution in [3.63, 3.8) is 0 Å². The number of fused-ring (bicyclic) bond motifs is 1. The van der Waals surface area contributed by atoms with E-state index in [4.69, 9.17) is 4.74 Å². The van der Waals surface area contributed by atoms with Gasteiger partial charge in [0.2, 0.25) is 0 Å². The van der Waals surface area contributed by atoms with Crippen molar-refractivity contribution >= 4 is 17.5 Å². The fraction of sp³-hybridized carbons (Fsp3) is 0.0938. The van der Waals surface area contributed by atoms with Gasteiger partial charge in [0.25, 0.3) is 5.91 Å². The van der Waals surface area contributed by atoms with Gasteiger partial charge in [-0.25, -0.2) is 14.2 Å². The molecular weight excluding hydrogens is 509 g/mol. The summed E-state index contributed by atoms with van der Waals surface area (Å²) in [6, 6.07) is 25.0. The van der Waals surface area contributed by atoms with Crippen LogP contribution in [0.5, 0.6) is 5.75 Å². The average molecular weight is 534 g/mol. The van der Waals surface area contributed by atoms with Crippen molar-refractivity contribution in [3.05, 3.63) is 137 Å². The first-order valence-electron chi connectivity index (χ1n) is 12.5. The Morgan fingerprint density at radius 2 is 1.62 bits per heavy atom. The highest BCUT2D eigenvalue weighted by Gasteiger charge is 2.22. The van der Waals surface area contributed by atoms with Crippen molar-refractivity contribution in [1.82, 2.24) is 14.7 Å². The predicted octanol–water partition coefficient (Wildman–Crippen LogP) is 4.88. The lowest BCUT2D eigenvalue weighted by Crippen LogP contribution is -2.42. The first-order valence-corrected chi connectivity index (χ1v) is 12.5. The number of aromatic nitrogens is 2. The zero-order chi connectivity index (χ0) is 27.9. The van der Waals surface area contributed by atoms with Gasteiger partial charge in [0.15, 0.2) is 0 Å². The number of nitrogens with one attached hydrogen (secondary N) is 1. The fourth-order valence-electron chi connectivity index (χ4n) is 3.97. The van der Waals surface area contributed by atoms with Gasteiger partial charge in [0.05, 0.1) is 0 Å². The number of carbonyl (C=O) groups excluding carboxylic acids is 1. The fourth-order valence-corrected chi connectivity index (χ4v) is 3.97. The molecule has 2 heterocycles. The molecule has 0 aliphatic heterocycles. The minimum absolute atomic E-state index is 0.0753. The van der Waals surface area contributed by atoms with E-state index in [9.17, 15) is 19.1 Å². The Balaban J connectivity index is 1.21. The number of benzene rings is 3. The lowest BCUT2D eigenvalue weighted by atomic mass is 10.1. The number of carboxylic acids is 1. The van der Waals surface area contributed by atoms with Gasteiger partial charge in [-0.05, 0) is 59.7 Å². The maximum absolute atomic E-state index is 13.1. The lowest BCUT2D eigenvalue weighted by molar-refractivity contribution is -0.139. The van der Waals surface area contributed by atoms with E-state index in [1.165, 1.54) is 12.1 Å². The van der Waals surface area contributed by atoms with Gasteiger partial charge in [-0.2, -0.15) is 0 Å². The molecule has 0 aliphatic carbocycles. The zero-order valence-electron chi connectivity index (χ0n) is 21.3. The van der Waals surface area contributed by atoms with Crippen LogP contribution in [0.1, 0.15) is 32.7 Å². The van der Waals surface area contributed by atoms with Crippen LogP contribution in [0, 0.1) is 17.7 Å². The number of carboxylic acid groups (broad SMARTS) is 1. The van der Waals surface area contributed by atoms with Crippen LogP contribution in [0.4, 0.5) is 4.39 Å². The minimum atomic E-state index is -1.16. The summed E-state index contributed by atoms with van der Waals surface area (Å²) in [6.45, 7) is 0.271. The summed E-state index contributed by atoms with van der Waals surface area (Å²) < 4.78 is 20.4. The Labute approximate surface area is 229 Å². The van der Waals surface area contributed by atoms with Crippen molar-refractivity contribution < 1.29 is 23.8 Å². The average Bonchev–Trinajstić information content (AvgIpc) is 3.40. The first kappa shape index (κ1) is 26.2. The number of rotatable bonds is 8. The molecule has 0 unspecified atom stereocenters. The van der Waals surface area contributed by atoms with E-state index in [0.717, 1.165) is 16.7 Å². The maximum Gasteiger partial charge on any atom is 0.326 e. The third-order valence-corrected chi connectivity index (χ3v) is 6.10. The molecule has 2 aromatic heterocycles. The van der Waals surface area contributed by atoms with E-state index < -0.39 is 17.9 Å². The maximum atomic E-state index is 13.1. The SMILES string of the molecule is O=C(N[C@@H](Cc1ccc(OCc2ccc(F)cc2)cc1)C(=O)O)c1cn2ccc(C#Cc3ccccc3)cc2n1. The van der Waals surface area contributed by atoms with E-state index >= 15 is 0 Å². The molecule has 1 atom stereocenters. The molecule has 8 heteroatoms. The number of ether oxygens (including phenoxy) is 1. The van der Waals surface area contributed by atoms with E-state index in [2.05, 4.69) is 22.1 Å². The molecule has 0 saturated heterocycles. The second-order valence-corrected chi connectivity index (χ2v) is 9.05. The summed E-state index contributed by atoms with van der Waals surface area (Å²) in [5.41, 5.74) is 3.78. The van der Waals surface area contributed by atoms with Gasteiger partial charge >= 0.3 is 5.97 Å². The summed E-state index contributed by atoms with van der Waals surface area (Å²) >= 11 is 0. The Hall–Kier alpha value is -5.42. The van der Waals surface area contributed by atoms with Crippen molar-refractivity contribution in [2.45, 2.75) is 19.1 Å². The zero-order valence-corrected chi connectivity index (χ0v) is 21.3. The molecule has 0 spiro atoms. The number of halogens is 1. The number of carbonyl (C=O) groups is 2. The highest BCUT2D eigenvalue weighted by Crippen LogP contribution is 2.16. The highest BCUT2D eigenvalue weighted by atomic mass is 19.1.